The van der Waals surface area contributed by atoms with E-state index in [2.05, 4.69) is 84.3 Å². The van der Waals surface area contributed by atoms with Crippen LogP contribution in [-0.2, 0) is 52.8 Å². The Kier molecular flexibility index (Phi) is 16.4. The molecular weight excluding hydrogens is 909 g/mol. The van der Waals surface area contributed by atoms with Crippen LogP contribution < -0.4 is 10.7 Å². The first-order chi connectivity index (χ1) is 34.0. The summed E-state index contributed by atoms with van der Waals surface area (Å²) in [6.07, 6.45) is 3.26. The third-order valence-electron chi connectivity index (χ3n) is 15.1. The fourth-order valence-corrected chi connectivity index (χ4v) is 10.4. The van der Waals surface area contributed by atoms with Crippen molar-refractivity contribution in [1.82, 2.24) is 40.0 Å². The largest absolute Gasteiger partial charge is 0.464 e. The van der Waals surface area contributed by atoms with E-state index in [0.29, 0.717) is 38.9 Å². The number of methoxy groups -OCH3 is 1. The van der Waals surface area contributed by atoms with Crippen LogP contribution in [0.3, 0.4) is 0 Å². The third kappa shape index (κ3) is 11.4. The van der Waals surface area contributed by atoms with E-state index in [1.54, 1.807) is 25.3 Å². The van der Waals surface area contributed by atoms with E-state index in [1.807, 2.05) is 78.7 Å². The topological polar surface area (TPSA) is 159 Å². The molecule has 6 bridgehead atoms. The van der Waals surface area contributed by atoms with Crippen molar-refractivity contribution in [2.45, 2.75) is 124 Å². The number of carbonyl (C=O) groups excluding carboxylic acids is 5. The number of pyridine rings is 1. The fraction of sp³-hybridized carbons (Fsp3) is 0.544. The van der Waals surface area contributed by atoms with Crippen molar-refractivity contribution in [2.24, 2.45) is 23.2 Å². The summed E-state index contributed by atoms with van der Waals surface area (Å²) in [5.41, 5.74) is 9.93. The average Bonchev–Trinajstić information content (AvgIpc) is 3.89. The minimum Gasteiger partial charge on any atom is -0.464 e. The smallest absolute Gasteiger partial charge is 0.324 e. The van der Waals surface area contributed by atoms with E-state index in [9.17, 15) is 24.0 Å². The number of esters is 1. The number of carbonyl (C=O) groups is 5. The molecular formula is C57H76N8O7. The zero-order chi connectivity index (χ0) is 52.4. The molecule has 6 atom stereocenters. The third-order valence-corrected chi connectivity index (χ3v) is 15.1. The van der Waals surface area contributed by atoms with Gasteiger partial charge in [0.15, 0.2) is 0 Å². The summed E-state index contributed by atoms with van der Waals surface area (Å²) in [5.74, 6) is 2.85. The number of benzene rings is 2. The SMILES string of the molecule is CCn1c(-c2cccnc2[C@H](C)OC)c2c3cc(ccc31)-c1cccc(c1)C[C@H](NC(=O)[C@H](C(C)C)N(C)C(=O)[C@@H]1CN(C(=O)C#CC(C)(C)N(C)C)C[C@@H]1C)C(=O)N1CCC[C@H](N1)C(=O)OCC(C)(C)C2. The maximum atomic E-state index is 14.8. The molecule has 15 heteroatoms. The number of likely N-dealkylation sites (tertiary alicyclic amines) is 1. The van der Waals surface area contributed by atoms with Crippen LogP contribution in [0.25, 0.3) is 33.3 Å². The van der Waals surface area contributed by atoms with Gasteiger partial charge in [0.05, 0.1) is 35.6 Å². The maximum absolute atomic E-state index is 14.8. The van der Waals surface area contributed by atoms with Crippen LogP contribution >= 0.6 is 0 Å². The summed E-state index contributed by atoms with van der Waals surface area (Å²) < 4.78 is 14.3. The quantitative estimate of drug-likeness (QED) is 0.130. The van der Waals surface area contributed by atoms with Gasteiger partial charge in [-0.3, -0.25) is 38.9 Å². The number of nitrogens with zero attached hydrogens (tertiary/aromatic N) is 6. The molecule has 7 rings (SSSR count). The zero-order valence-corrected chi connectivity index (χ0v) is 44.7. The molecule has 72 heavy (non-hydrogen) atoms. The second-order valence-corrected chi connectivity index (χ2v) is 22.0. The predicted molar refractivity (Wildman–Crippen MR) is 280 cm³/mol. The Hall–Kier alpha value is -6.08. The number of aromatic nitrogens is 2. The summed E-state index contributed by atoms with van der Waals surface area (Å²) in [7, 11) is 7.12. The van der Waals surface area contributed by atoms with Gasteiger partial charge in [0, 0.05) is 74.8 Å². The molecule has 0 unspecified atom stereocenters. The van der Waals surface area contributed by atoms with E-state index in [0.717, 1.165) is 50.1 Å². The molecule has 0 radical (unpaired) electrons. The second-order valence-electron chi connectivity index (χ2n) is 22.0. The molecule has 4 aromatic rings. The van der Waals surface area contributed by atoms with Crippen LogP contribution in [0.5, 0.6) is 0 Å². The summed E-state index contributed by atoms with van der Waals surface area (Å²) >= 11 is 0. The number of cyclic esters (lactones) is 1. The summed E-state index contributed by atoms with van der Waals surface area (Å²) in [6.45, 7) is 19.6. The maximum Gasteiger partial charge on any atom is 0.324 e. The number of fused-ring (bicyclic) bond motifs is 6. The molecule has 2 saturated heterocycles. The molecule has 2 N–H and O–H groups in total. The Labute approximate surface area is 426 Å². The second kappa shape index (κ2) is 22.0. The average molecular weight is 985 g/mol. The van der Waals surface area contributed by atoms with Crippen molar-refractivity contribution in [1.29, 1.82) is 0 Å². The number of rotatable bonds is 10. The van der Waals surface area contributed by atoms with Gasteiger partial charge in [-0.25, -0.2) is 5.43 Å². The molecule has 0 saturated carbocycles. The number of aryl methyl sites for hydroxylation is 1. The Morgan fingerprint density at radius 1 is 1.03 bits per heavy atom. The van der Waals surface area contributed by atoms with E-state index in [-0.39, 0.29) is 49.3 Å². The van der Waals surface area contributed by atoms with Gasteiger partial charge < -0.3 is 29.2 Å². The molecule has 386 valence electrons. The van der Waals surface area contributed by atoms with Crippen LogP contribution in [0.15, 0.2) is 60.8 Å². The van der Waals surface area contributed by atoms with Crippen LogP contribution in [0, 0.1) is 35.0 Å². The highest BCUT2D eigenvalue weighted by molar-refractivity contribution is 5.97. The number of likely N-dealkylation sites (N-methyl/N-ethyl adjacent to an activating group) is 1. The van der Waals surface area contributed by atoms with Crippen molar-refractivity contribution in [3.8, 4) is 34.2 Å². The van der Waals surface area contributed by atoms with Gasteiger partial charge in [0.1, 0.15) is 18.1 Å². The lowest BCUT2D eigenvalue weighted by molar-refractivity contribution is -0.155. The molecule has 2 aromatic heterocycles. The molecule has 0 aliphatic carbocycles. The van der Waals surface area contributed by atoms with Gasteiger partial charge in [-0.05, 0) is 125 Å². The Morgan fingerprint density at radius 3 is 2.46 bits per heavy atom. The summed E-state index contributed by atoms with van der Waals surface area (Å²) in [4.78, 5) is 81.2. The predicted octanol–water partition coefficient (Wildman–Crippen LogP) is 6.67. The lowest BCUT2D eigenvalue weighted by Crippen LogP contribution is -2.62. The normalized spacial score (nSPS) is 21.4. The van der Waals surface area contributed by atoms with Crippen LogP contribution in [-0.4, -0.2) is 137 Å². The van der Waals surface area contributed by atoms with Gasteiger partial charge in [-0.15, -0.1) is 0 Å². The number of ether oxygens (including phenoxy) is 2. The van der Waals surface area contributed by atoms with Crippen molar-refractivity contribution in [3.05, 3.63) is 77.6 Å². The van der Waals surface area contributed by atoms with Crippen LogP contribution in [0.2, 0.25) is 0 Å². The van der Waals surface area contributed by atoms with Gasteiger partial charge in [-0.1, -0.05) is 70.9 Å². The van der Waals surface area contributed by atoms with Crippen molar-refractivity contribution in [3.63, 3.8) is 0 Å². The van der Waals surface area contributed by atoms with Crippen LogP contribution in [0.4, 0.5) is 0 Å². The van der Waals surface area contributed by atoms with Crippen molar-refractivity contribution < 1.29 is 33.4 Å². The number of hydrogen-bond acceptors (Lipinski definition) is 10. The van der Waals surface area contributed by atoms with Crippen molar-refractivity contribution >= 4 is 40.5 Å². The van der Waals surface area contributed by atoms with E-state index >= 15 is 0 Å². The minimum atomic E-state index is -1.07. The zero-order valence-electron chi connectivity index (χ0n) is 44.7. The number of hydrogen-bond donors (Lipinski definition) is 2. The highest BCUT2D eigenvalue weighted by atomic mass is 16.5. The lowest BCUT2D eigenvalue weighted by Gasteiger charge is -2.37. The first-order valence-electron chi connectivity index (χ1n) is 25.6. The van der Waals surface area contributed by atoms with Gasteiger partial charge in [0.2, 0.25) is 11.8 Å². The molecule has 2 fully saturated rings. The Balaban J connectivity index is 1.24. The van der Waals surface area contributed by atoms with Gasteiger partial charge >= 0.3 is 5.97 Å². The molecule has 0 spiro atoms. The lowest BCUT2D eigenvalue weighted by atomic mass is 9.84. The minimum absolute atomic E-state index is 0.130. The van der Waals surface area contributed by atoms with E-state index in [1.165, 1.54) is 9.91 Å². The highest BCUT2D eigenvalue weighted by Crippen LogP contribution is 2.42. The Morgan fingerprint density at radius 2 is 1.76 bits per heavy atom. The fourth-order valence-electron chi connectivity index (χ4n) is 10.4. The van der Waals surface area contributed by atoms with E-state index < -0.39 is 52.8 Å². The molecule has 2 aromatic carbocycles. The standard InChI is InChI=1S/C57H76N8O7/c1-14-64-47-23-22-40-30-42(47)43(51(64)41-20-16-26-58-49(41)37(5)71-13)31-56(6,7)34-72-55(70)45-21-17-27-65(60-45)54(69)46(29-38-18-15-19-39(40)28-38)59-52(67)50(35(2)3)62(12)53(68)44-33-63(32-36(44)4)48(66)24-25-57(8,9)61(10)11/h15-16,18-20,22-23,26,28,30,35-37,44-46,50,60H,14,17,21,27,29,31-34H2,1-13H3,(H,59,67)/t36-,37-,44+,45-,46-,50-/m0/s1. The summed E-state index contributed by atoms with van der Waals surface area (Å²) in [6, 6.07) is 15.8. The molecule has 3 aliphatic heterocycles. The van der Waals surface area contributed by atoms with Gasteiger partial charge in [0.25, 0.3) is 11.8 Å². The molecule has 5 heterocycles. The number of hydrazine groups is 1. The molecule has 15 nitrogen and oxygen atoms in total. The summed E-state index contributed by atoms with van der Waals surface area (Å²) in [5, 5.41) is 5.61. The highest BCUT2D eigenvalue weighted by Gasteiger charge is 2.43. The monoisotopic (exact) mass is 985 g/mol. The first kappa shape index (κ1) is 53.7. The molecule has 3 aliphatic rings. The Bertz CT molecular complexity index is 2750. The van der Waals surface area contributed by atoms with Crippen molar-refractivity contribution in [2.75, 3.05) is 54.5 Å². The van der Waals surface area contributed by atoms with Gasteiger partial charge in [-0.2, -0.15) is 0 Å². The first-order valence-corrected chi connectivity index (χ1v) is 25.6. The van der Waals surface area contributed by atoms with Crippen LogP contribution in [0.1, 0.15) is 98.1 Å². The number of amides is 4. The molecule has 4 amide bonds. The van der Waals surface area contributed by atoms with E-state index in [4.69, 9.17) is 14.5 Å². The number of nitrogens with one attached hydrogen (secondary N) is 2.